The molecule has 0 aliphatic carbocycles. The van der Waals surface area contributed by atoms with E-state index in [1.54, 1.807) is 0 Å². The molecule has 0 aromatic heterocycles. The summed E-state index contributed by atoms with van der Waals surface area (Å²) >= 11 is 0. The minimum absolute atomic E-state index is 0.340. The van der Waals surface area contributed by atoms with Gasteiger partial charge in [0.05, 0.1) is 6.10 Å². The standard InChI is InChI=1S/C9H20N2O3S/c1-3-10(4-2)15(13,14)11-7-5-9(12)6-8-11/h9,12H,3-8H2,1-2H3. The van der Waals surface area contributed by atoms with Gasteiger partial charge in [-0.15, -0.1) is 0 Å². The summed E-state index contributed by atoms with van der Waals surface area (Å²) in [5.74, 6) is 0. The van der Waals surface area contributed by atoms with Crippen molar-refractivity contribution in [2.45, 2.75) is 32.8 Å². The van der Waals surface area contributed by atoms with E-state index in [-0.39, 0.29) is 6.10 Å². The van der Waals surface area contributed by atoms with Gasteiger partial charge >= 0.3 is 0 Å². The quantitative estimate of drug-likeness (QED) is 0.749. The van der Waals surface area contributed by atoms with Crippen molar-refractivity contribution < 1.29 is 13.5 Å². The highest BCUT2D eigenvalue weighted by Gasteiger charge is 2.30. The van der Waals surface area contributed by atoms with Crippen molar-refractivity contribution in [3.8, 4) is 0 Å². The number of aliphatic hydroxyl groups is 1. The summed E-state index contributed by atoms with van der Waals surface area (Å²) in [6.07, 6.45) is 0.745. The third-order valence-corrected chi connectivity index (χ3v) is 4.97. The van der Waals surface area contributed by atoms with Crippen LogP contribution in [-0.4, -0.2) is 54.4 Å². The van der Waals surface area contributed by atoms with Crippen molar-refractivity contribution >= 4 is 10.2 Å². The Balaban J connectivity index is 2.69. The molecule has 1 heterocycles. The summed E-state index contributed by atoms with van der Waals surface area (Å²) in [4.78, 5) is 0. The largest absolute Gasteiger partial charge is 0.393 e. The van der Waals surface area contributed by atoms with Crippen LogP contribution in [0.5, 0.6) is 0 Å². The molecule has 1 N–H and O–H groups in total. The van der Waals surface area contributed by atoms with Crippen molar-refractivity contribution in [2.75, 3.05) is 26.2 Å². The van der Waals surface area contributed by atoms with Gasteiger partial charge in [0.25, 0.3) is 10.2 Å². The second kappa shape index (κ2) is 5.25. The predicted octanol–water partition coefficient (Wildman–Crippen LogP) is 0.0297. The maximum atomic E-state index is 12.0. The third-order valence-electron chi connectivity index (χ3n) is 2.78. The smallest absolute Gasteiger partial charge is 0.281 e. The van der Waals surface area contributed by atoms with Crippen LogP contribution in [0.4, 0.5) is 0 Å². The molecule has 0 unspecified atom stereocenters. The Morgan fingerprint density at radius 1 is 1.27 bits per heavy atom. The summed E-state index contributed by atoms with van der Waals surface area (Å²) in [7, 11) is -3.29. The number of aliphatic hydroxyl groups excluding tert-OH is 1. The monoisotopic (exact) mass is 236 g/mol. The van der Waals surface area contributed by atoms with E-state index in [0.29, 0.717) is 39.0 Å². The highest BCUT2D eigenvalue weighted by Crippen LogP contribution is 2.16. The van der Waals surface area contributed by atoms with Gasteiger partial charge < -0.3 is 5.11 Å². The van der Waals surface area contributed by atoms with E-state index < -0.39 is 10.2 Å². The summed E-state index contributed by atoms with van der Waals surface area (Å²) in [6.45, 7) is 5.52. The maximum Gasteiger partial charge on any atom is 0.281 e. The molecular formula is C9H20N2O3S. The van der Waals surface area contributed by atoms with Gasteiger partial charge in [-0.05, 0) is 12.8 Å². The van der Waals surface area contributed by atoms with Crippen LogP contribution in [0.3, 0.4) is 0 Å². The Kier molecular flexibility index (Phi) is 4.51. The number of hydrogen-bond acceptors (Lipinski definition) is 3. The van der Waals surface area contributed by atoms with Gasteiger partial charge in [0, 0.05) is 26.2 Å². The molecule has 0 spiro atoms. The molecule has 0 saturated carbocycles. The van der Waals surface area contributed by atoms with E-state index in [1.165, 1.54) is 8.61 Å². The van der Waals surface area contributed by atoms with Gasteiger partial charge in [-0.1, -0.05) is 13.8 Å². The van der Waals surface area contributed by atoms with E-state index in [1.807, 2.05) is 13.8 Å². The molecule has 1 saturated heterocycles. The Hall–Kier alpha value is -0.170. The fourth-order valence-electron chi connectivity index (χ4n) is 1.79. The van der Waals surface area contributed by atoms with E-state index in [2.05, 4.69) is 0 Å². The molecule has 1 fully saturated rings. The van der Waals surface area contributed by atoms with Gasteiger partial charge in [0.2, 0.25) is 0 Å². The first-order chi connectivity index (χ1) is 7.02. The molecular weight excluding hydrogens is 216 g/mol. The second-order valence-corrected chi connectivity index (χ2v) is 5.65. The van der Waals surface area contributed by atoms with Crippen molar-refractivity contribution in [1.29, 1.82) is 0 Å². The third kappa shape index (κ3) is 2.90. The number of nitrogens with zero attached hydrogens (tertiary/aromatic N) is 2. The van der Waals surface area contributed by atoms with Crippen molar-refractivity contribution in [3.05, 3.63) is 0 Å². The van der Waals surface area contributed by atoms with Gasteiger partial charge in [-0.3, -0.25) is 0 Å². The lowest BCUT2D eigenvalue weighted by atomic mass is 10.1. The summed E-state index contributed by atoms with van der Waals surface area (Å²) in [5, 5.41) is 9.31. The van der Waals surface area contributed by atoms with Gasteiger partial charge in [0.1, 0.15) is 0 Å². The number of piperidine rings is 1. The summed E-state index contributed by atoms with van der Waals surface area (Å²) < 4.78 is 27.0. The van der Waals surface area contributed by atoms with Gasteiger partial charge in [-0.2, -0.15) is 17.0 Å². The average Bonchev–Trinajstić information content (AvgIpc) is 2.19. The molecule has 6 heteroatoms. The van der Waals surface area contributed by atoms with Crippen LogP contribution in [0.2, 0.25) is 0 Å². The Morgan fingerprint density at radius 3 is 2.13 bits per heavy atom. The fourth-order valence-corrected chi connectivity index (χ4v) is 3.44. The Bertz CT molecular complexity index is 280. The van der Waals surface area contributed by atoms with Crippen LogP contribution >= 0.6 is 0 Å². The van der Waals surface area contributed by atoms with Crippen LogP contribution in [0.25, 0.3) is 0 Å². The number of hydrogen-bond donors (Lipinski definition) is 1. The van der Waals surface area contributed by atoms with E-state index in [4.69, 9.17) is 0 Å². The van der Waals surface area contributed by atoms with Crippen molar-refractivity contribution in [2.24, 2.45) is 0 Å². The lowest BCUT2D eigenvalue weighted by Crippen LogP contribution is -2.47. The van der Waals surface area contributed by atoms with Crippen LogP contribution in [0, 0.1) is 0 Å². The normalized spacial score (nSPS) is 21.1. The number of rotatable bonds is 4. The van der Waals surface area contributed by atoms with Crippen molar-refractivity contribution in [3.63, 3.8) is 0 Å². The minimum Gasteiger partial charge on any atom is -0.393 e. The molecule has 0 aromatic rings. The minimum atomic E-state index is -3.29. The molecule has 0 atom stereocenters. The first-order valence-corrected chi connectivity index (χ1v) is 6.85. The van der Waals surface area contributed by atoms with Crippen molar-refractivity contribution in [1.82, 2.24) is 8.61 Å². The summed E-state index contributed by atoms with van der Waals surface area (Å²) in [5.41, 5.74) is 0. The second-order valence-electron chi connectivity index (χ2n) is 3.72. The average molecular weight is 236 g/mol. The lowest BCUT2D eigenvalue weighted by molar-refractivity contribution is 0.110. The van der Waals surface area contributed by atoms with E-state index in [0.717, 1.165) is 0 Å². The zero-order chi connectivity index (χ0) is 11.5. The Labute approximate surface area is 91.9 Å². The molecule has 15 heavy (non-hydrogen) atoms. The van der Waals surface area contributed by atoms with E-state index >= 15 is 0 Å². The van der Waals surface area contributed by atoms with Gasteiger partial charge in [0.15, 0.2) is 0 Å². The first kappa shape index (κ1) is 12.9. The predicted molar refractivity (Wildman–Crippen MR) is 58.7 cm³/mol. The molecule has 1 aliphatic heterocycles. The highest BCUT2D eigenvalue weighted by molar-refractivity contribution is 7.86. The molecule has 1 aliphatic rings. The molecule has 0 radical (unpaired) electrons. The van der Waals surface area contributed by atoms with Gasteiger partial charge in [-0.25, -0.2) is 0 Å². The molecule has 0 amide bonds. The van der Waals surface area contributed by atoms with Crippen LogP contribution < -0.4 is 0 Å². The van der Waals surface area contributed by atoms with Crippen LogP contribution in [0.1, 0.15) is 26.7 Å². The van der Waals surface area contributed by atoms with Crippen LogP contribution in [0.15, 0.2) is 0 Å². The topological polar surface area (TPSA) is 60.9 Å². The summed E-state index contributed by atoms with van der Waals surface area (Å²) in [6, 6.07) is 0. The molecule has 90 valence electrons. The van der Waals surface area contributed by atoms with E-state index in [9.17, 15) is 13.5 Å². The van der Waals surface area contributed by atoms with Crippen LogP contribution in [-0.2, 0) is 10.2 Å². The maximum absolute atomic E-state index is 12.0. The first-order valence-electron chi connectivity index (χ1n) is 5.45. The fraction of sp³-hybridized carbons (Fsp3) is 1.00. The zero-order valence-corrected chi connectivity index (χ0v) is 10.2. The Morgan fingerprint density at radius 2 is 1.73 bits per heavy atom. The molecule has 0 aromatic carbocycles. The molecule has 1 rings (SSSR count). The lowest BCUT2D eigenvalue weighted by Gasteiger charge is -2.32. The zero-order valence-electron chi connectivity index (χ0n) is 9.39. The molecule has 5 nitrogen and oxygen atoms in total. The highest BCUT2D eigenvalue weighted by atomic mass is 32.2. The SMILES string of the molecule is CCN(CC)S(=O)(=O)N1CCC(O)CC1. The molecule has 0 bridgehead atoms.